The third-order valence-corrected chi connectivity index (χ3v) is 3.07. The molecule has 5 nitrogen and oxygen atoms in total. The Balaban J connectivity index is 2.28. The van der Waals surface area contributed by atoms with E-state index in [1.807, 2.05) is 42.2 Å². The van der Waals surface area contributed by atoms with E-state index in [1.54, 1.807) is 0 Å². The summed E-state index contributed by atoms with van der Waals surface area (Å²) < 4.78 is 0. The van der Waals surface area contributed by atoms with Gasteiger partial charge in [-0.15, -0.1) is 0 Å². The molecule has 2 rings (SSSR count). The molecule has 1 aromatic carbocycles. The molecule has 0 saturated heterocycles. The normalized spacial score (nSPS) is 10.2. The van der Waals surface area contributed by atoms with Gasteiger partial charge < -0.3 is 15.7 Å². The summed E-state index contributed by atoms with van der Waals surface area (Å²) in [7, 11) is 0. The summed E-state index contributed by atoms with van der Waals surface area (Å²) in [6.45, 7) is 3.40. The summed E-state index contributed by atoms with van der Waals surface area (Å²) in [6, 6.07) is 11.5. The molecule has 3 N–H and O–H groups in total. The van der Waals surface area contributed by atoms with Gasteiger partial charge in [-0.05, 0) is 18.6 Å². The Morgan fingerprint density at radius 2 is 2.05 bits per heavy atom. The predicted octanol–water partition coefficient (Wildman–Crippen LogP) is 2.39. The molecule has 1 heterocycles. The van der Waals surface area contributed by atoms with Crippen LogP contribution in [0.1, 0.15) is 22.8 Å². The number of hydrogen-bond acceptors (Lipinski definition) is 4. The predicted molar refractivity (Wildman–Crippen MR) is 78.8 cm³/mol. The Morgan fingerprint density at radius 3 is 2.65 bits per heavy atom. The van der Waals surface area contributed by atoms with Crippen LogP contribution in [0.2, 0.25) is 0 Å². The van der Waals surface area contributed by atoms with E-state index < -0.39 is 5.97 Å². The Kier molecular flexibility index (Phi) is 4.20. The zero-order chi connectivity index (χ0) is 14.5. The first-order valence-corrected chi connectivity index (χ1v) is 6.39. The van der Waals surface area contributed by atoms with Gasteiger partial charge in [0.05, 0.1) is 17.4 Å². The number of carboxylic acid groups (broad SMARTS) is 1. The molecule has 5 heteroatoms. The van der Waals surface area contributed by atoms with E-state index in [0.717, 1.165) is 12.1 Å². The zero-order valence-corrected chi connectivity index (χ0v) is 11.3. The minimum Gasteiger partial charge on any atom is -0.478 e. The topological polar surface area (TPSA) is 79.5 Å². The first kappa shape index (κ1) is 13.9. The minimum absolute atomic E-state index is 0.0847. The molecule has 0 unspecified atom stereocenters. The monoisotopic (exact) mass is 271 g/mol. The molecule has 20 heavy (non-hydrogen) atoms. The van der Waals surface area contributed by atoms with Crippen LogP contribution in [-0.4, -0.2) is 22.6 Å². The lowest BCUT2D eigenvalue weighted by Gasteiger charge is -2.22. The quantitative estimate of drug-likeness (QED) is 0.872. The fourth-order valence-corrected chi connectivity index (χ4v) is 1.97. The van der Waals surface area contributed by atoms with Crippen LogP contribution in [0.25, 0.3) is 0 Å². The van der Waals surface area contributed by atoms with Crippen molar-refractivity contribution in [3.05, 3.63) is 53.7 Å². The average Bonchev–Trinajstić information content (AvgIpc) is 2.46. The molecule has 0 saturated carbocycles. The van der Waals surface area contributed by atoms with Crippen molar-refractivity contribution in [1.82, 2.24) is 4.98 Å². The highest BCUT2D eigenvalue weighted by atomic mass is 16.4. The van der Waals surface area contributed by atoms with Crippen molar-refractivity contribution in [3.8, 4) is 0 Å². The SMILES string of the molecule is CCN(Cc1ccccc1)c1cc(C(=O)O)c(N)cn1. The third-order valence-electron chi connectivity index (χ3n) is 3.07. The van der Waals surface area contributed by atoms with Crippen molar-refractivity contribution in [2.45, 2.75) is 13.5 Å². The number of aromatic carboxylic acids is 1. The molecule has 104 valence electrons. The Bertz CT molecular complexity index is 599. The Morgan fingerprint density at radius 1 is 1.35 bits per heavy atom. The van der Waals surface area contributed by atoms with E-state index in [-0.39, 0.29) is 11.3 Å². The molecule has 0 aliphatic heterocycles. The van der Waals surface area contributed by atoms with Gasteiger partial charge in [0.1, 0.15) is 5.82 Å². The first-order valence-electron chi connectivity index (χ1n) is 6.39. The zero-order valence-electron chi connectivity index (χ0n) is 11.3. The standard InChI is InChI=1S/C15H17N3O2/c1-2-18(10-11-6-4-3-5-7-11)14-8-12(15(19)20)13(16)9-17-14/h3-9H,2,10,16H2,1H3,(H,19,20). The van der Waals surface area contributed by atoms with Crippen LogP contribution >= 0.6 is 0 Å². The number of nitrogen functional groups attached to an aromatic ring is 1. The highest BCUT2D eigenvalue weighted by Crippen LogP contribution is 2.20. The van der Waals surface area contributed by atoms with Gasteiger partial charge in [-0.25, -0.2) is 9.78 Å². The maximum atomic E-state index is 11.1. The number of pyridine rings is 1. The van der Waals surface area contributed by atoms with Gasteiger partial charge in [0.2, 0.25) is 0 Å². The summed E-state index contributed by atoms with van der Waals surface area (Å²) in [4.78, 5) is 17.3. The number of rotatable bonds is 5. The lowest BCUT2D eigenvalue weighted by Crippen LogP contribution is -2.23. The number of aromatic nitrogens is 1. The molecular weight excluding hydrogens is 254 g/mol. The third kappa shape index (κ3) is 3.06. The van der Waals surface area contributed by atoms with Crippen molar-refractivity contribution < 1.29 is 9.90 Å². The maximum absolute atomic E-state index is 11.1. The number of nitrogens with two attached hydrogens (primary N) is 1. The number of carbonyl (C=O) groups is 1. The van der Waals surface area contributed by atoms with Crippen LogP contribution in [-0.2, 0) is 6.54 Å². The second kappa shape index (κ2) is 6.06. The fraction of sp³-hybridized carbons (Fsp3) is 0.200. The average molecular weight is 271 g/mol. The van der Waals surface area contributed by atoms with Crippen molar-refractivity contribution in [1.29, 1.82) is 0 Å². The largest absolute Gasteiger partial charge is 0.478 e. The van der Waals surface area contributed by atoms with Crippen LogP contribution in [0, 0.1) is 0 Å². The number of nitrogens with zero attached hydrogens (tertiary/aromatic N) is 2. The Labute approximate surface area is 117 Å². The first-order chi connectivity index (χ1) is 9.61. The molecule has 0 fully saturated rings. The smallest absolute Gasteiger partial charge is 0.337 e. The van der Waals surface area contributed by atoms with E-state index in [0.29, 0.717) is 12.4 Å². The van der Waals surface area contributed by atoms with Crippen molar-refractivity contribution in [2.24, 2.45) is 0 Å². The van der Waals surface area contributed by atoms with Gasteiger partial charge in [-0.3, -0.25) is 0 Å². The highest BCUT2D eigenvalue weighted by Gasteiger charge is 2.13. The summed E-state index contributed by atoms with van der Waals surface area (Å²) in [5.74, 6) is -0.426. The number of anilines is 2. The fourth-order valence-electron chi connectivity index (χ4n) is 1.97. The second-order valence-electron chi connectivity index (χ2n) is 4.43. The Hall–Kier alpha value is -2.56. The van der Waals surface area contributed by atoms with Gasteiger partial charge in [0.15, 0.2) is 0 Å². The molecule has 0 spiro atoms. The van der Waals surface area contributed by atoms with E-state index in [9.17, 15) is 4.79 Å². The van der Waals surface area contributed by atoms with E-state index in [2.05, 4.69) is 4.98 Å². The van der Waals surface area contributed by atoms with Gasteiger partial charge in [-0.1, -0.05) is 30.3 Å². The van der Waals surface area contributed by atoms with E-state index >= 15 is 0 Å². The van der Waals surface area contributed by atoms with Crippen LogP contribution in [0.3, 0.4) is 0 Å². The summed E-state index contributed by atoms with van der Waals surface area (Å²) >= 11 is 0. The highest BCUT2D eigenvalue weighted by molar-refractivity contribution is 5.94. The van der Waals surface area contributed by atoms with Crippen molar-refractivity contribution >= 4 is 17.5 Å². The lowest BCUT2D eigenvalue weighted by atomic mass is 10.2. The van der Waals surface area contributed by atoms with Crippen LogP contribution in [0.5, 0.6) is 0 Å². The molecule has 0 atom stereocenters. The van der Waals surface area contributed by atoms with Gasteiger partial charge in [0, 0.05) is 13.1 Å². The molecular formula is C15H17N3O2. The number of carboxylic acids is 1. The second-order valence-corrected chi connectivity index (χ2v) is 4.43. The minimum atomic E-state index is -1.04. The maximum Gasteiger partial charge on any atom is 0.337 e. The molecule has 0 bridgehead atoms. The lowest BCUT2D eigenvalue weighted by molar-refractivity contribution is 0.0698. The molecule has 0 aliphatic carbocycles. The number of hydrogen-bond donors (Lipinski definition) is 2. The van der Waals surface area contributed by atoms with Crippen LogP contribution < -0.4 is 10.6 Å². The van der Waals surface area contributed by atoms with Crippen molar-refractivity contribution in [2.75, 3.05) is 17.2 Å². The summed E-state index contributed by atoms with van der Waals surface area (Å²) in [5, 5.41) is 9.11. The molecule has 0 amide bonds. The molecule has 1 aromatic heterocycles. The van der Waals surface area contributed by atoms with Crippen LogP contribution in [0.15, 0.2) is 42.6 Å². The van der Waals surface area contributed by atoms with Gasteiger partial charge in [0.25, 0.3) is 0 Å². The van der Waals surface area contributed by atoms with Crippen LogP contribution in [0.4, 0.5) is 11.5 Å². The van der Waals surface area contributed by atoms with Crippen molar-refractivity contribution in [3.63, 3.8) is 0 Å². The summed E-state index contributed by atoms with van der Waals surface area (Å²) in [5.41, 5.74) is 7.03. The van der Waals surface area contributed by atoms with Gasteiger partial charge in [-0.2, -0.15) is 0 Å². The molecule has 0 radical (unpaired) electrons. The molecule has 2 aromatic rings. The van der Waals surface area contributed by atoms with E-state index in [1.165, 1.54) is 12.3 Å². The summed E-state index contributed by atoms with van der Waals surface area (Å²) in [6.07, 6.45) is 1.40. The van der Waals surface area contributed by atoms with Gasteiger partial charge >= 0.3 is 5.97 Å². The number of benzene rings is 1. The molecule has 0 aliphatic rings. The van der Waals surface area contributed by atoms with E-state index in [4.69, 9.17) is 10.8 Å².